The fraction of sp³-hybridized carbons (Fsp3) is 0.562. The molecule has 2 heterocycles. The smallest absolute Gasteiger partial charge is 0.338 e. The van der Waals surface area contributed by atoms with E-state index in [1.54, 1.807) is 16.8 Å². The number of fused-ring (bicyclic) bond motifs is 2. The molecule has 3 unspecified atom stereocenters. The van der Waals surface area contributed by atoms with E-state index in [0.29, 0.717) is 17.0 Å². The van der Waals surface area contributed by atoms with Crippen LogP contribution in [-0.4, -0.2) is 39.8 Å². The van der Waals surface area contributed by atoms with E-state index >= 15 is 0 Å². The van der Waals surface area contributed by atoms with Crippen molar-refractivity contribution in [3.8, 4) is 0 Å². The van der Waals surface area contributed by atoms with Gasteiger partial charge in [0.15, 0.2) is 0 Å². The summed E-state index contributed by atoms with van der Waals surface area (Å²) in [6.45, 7) is 4.96. The Kier molecular flexibility index (Phi) is 2.81. The largest absolute Gasteiger partial charge is 0.458 e. The van der Waals surface area contributed by atoms with Crippen molar-refractivity contribution in [1.82, 2.24) is 15.0 Å². The van der Waals surface area contributed by atoms with Gasteiger partial charge in [0.05, 0.1) is 17.2 Å². The van der Waals surface area contributed by atoms with Crippen LogP contribution >= 0.6 is 0 Å². The lowest BCUT2D eigenvalue weighted by molar-refractivity contribution is -0.183. The van der Waals surface area contributed by atoms with Crippen LogP contribution in [0, 0.1) is 11.3 Å². The molecule has 6 heteroatoms. The molecule has 4 rings (SSSR count). The minimum Gasteiger partial charge on any atom is -0.458 e. The van der Waals surface area contributed by atoms with Crippen LogP contribution in [0.5, 0.6) is 0 Å². The topological polar surface area (TPSA) is 66.2 Å². The Hall–Kier alpha value is -1.95. The van der Waals surface area contributed by atoms with E-state index in [1.807, 2.05) is 13.1 Å². The highest BCUT2D eigenvalue weighted by Gasteiger charge is 2.61. The number of ether oxygens (including phenoxy) is 2. The van der Waals surface area contributed by atoms with Gasteiger partial charge in [-0.05, 0) is 24.6 Å². The van der Waals surface area contributed by atoms with E-state index in [4.69, 9.17) is 9.47 Å². The van der Waals surface area contributed by atoms with Crippen molar-refractivity contribution < 1.29 is 14.3 Å². The van der Waals surface area contributed by atoms with Crippen molar-refractivity contribution in [3.05, 3.63) is 23.8 Å². The molecule has 1 saturated carbocycles. The van der Waals surface area contributed by atoms with Gasteiger partial charge in [-0.1, -0.05) is 19.1 Å². The molecule has 0 N–H and O–H groups in total. The van der Waals surface area contributed by atoms with E-state index in [2.05, 4.69) is 24.2 Å². The van der Waals surface area contributed by atoms with Gasteiger partial charge >= 0.3 is 5.97 Å². The number of rotatable bonds is 2. The third-order valence-corrected chi connectivity index (χ3v) is 5.07. The van der Waals surface area contributed by atoms with Crippen LogP contribution in [0.3, 0.4) is 0 Å². The first-order chi connectivity index (χ1) is 10.5. The third-order valence-electron chi connectivity index (χ3n) is 5.07. The molecule has 0 amide bonds. The lowest BCUT2D eigenvalue weighted by Gasteiger charge is -2.53. The van der Waals surface area contributed by atoms with Crippen LogP contribution < -0.4 is 0 Å². The van der Waals surface area contributed by atoms with Crippen LogP contribution in [0.15, 0.2) is 18.2 Å². The minimum absolute atomic E-state index is 0.0787. The summed E-state index contributed by atoms with van der Waals surface area (Å²) in [4.78, 5) is 12.5. The number of nitrogens with zero attached hydrogens (tertiary/aromatic N) is 3. The molecule has 22 heavy (non-hydrogen) atoms. The van der Waals surface area contributed by atoms with Gasteiger partial charge in [-0.2, -0.15) is 0 Å². The highest BCUT2D eigenvalue weighted by molar-refractivity contribution is 5.93. The van der Waals surface area contributed by atoms with E-state index in [9.17, 15) is 4.79 Å². The summed E-state index contributed by atoms with van der Waals surface area (Å²) in [7, 11) is 1.82. The number of hydrogen-bond acceptors (Lipinski definition) is 5. The molecule has 1 aliphatic carbocycles. The van der Waals surface area contributed by atoms with E-state index in [-0.39, 0.29) is 23.6 Å². The normalized spacial score (nSPS) is 29.1. The van der Waals surface area contributed by atoms with Crippen molar-refractivity contribution in [2.45, 2.75) is 32.5 Å². The maximum atomic E-state index is 12.5. The van der Waals surface area contributed by atoms with Gasteiger partial charge in [0, 0.05) is 25.0 Å². The Labute approximate surface area is 128 Å². The number of carbonyl (C=O) groups excluding carboxylic acids is 1. The van der Waals surface area contributed by atoms with Crippen molar-refractivity contribution >= 4 is 17.0 Å². The number of hydrogen-bond donors (Lipinski definition) is 0. The van der Waals surface area contributed by atoms with Gasteiger partial charge in [-0.3, -0.25) is 0 Å². The van der Waals surface area contributed by atoms with E-state index < -0.39 is 0 Å². The fourth-order valence-corrected chi connectivity index (χ4v) is 3.87. The van der Waals surface area contributed by atoms with Gasteiger partial charge < -0.3 is 9.47 Å². The first kappa shape index (κ1) is 13.7. The molecule has 1 saturated heterocycles. The third kappa shape index (κ3) is 1.80. The predicted octanol–water partition coefficient (Wildman–Crippen LogP) is 1.94. The molecule has 0 spiro atoms. The molecule has 1 aliphatic heterocycles. The van der Waals surface area contributed by atoms with Gasteiger partial charge in [-0.15, -0.1) is 5.10 Å². The standard InChI is InChI=1S/C16H19N3O3/c1-16(2)13-10(6-7-21-13)14(16)22-15(20)9-4-5-12-11(8-9)17-18-19(12)3/h4-5,8,10,13-14H,6-7H2,1-3H3. The molecule has 116 valence electrons. The number of esters is 1. The van der Waals surface area contributed by atoms with Crippen LogP contribution in [0.25, 0.3) is 11.0 Å². The van der Waals surface area contributed by atoms with E-state index in [1.165, 1.54) is 0 Å². The Morgan fingerprint density at radius 3 is 3.09 bits per heavy atom. The van der Waals surface area contributed by atoms with Gasteiger partial charge in [-0.25, -0.2) is 9.48 Å². The Bertz CT molecular complexity index is 752. The molecule has 2 aromatic rings. The second kappa shape index (κ2) is 4.52. The Morgan fingerprint density at radius 1 is 1.45 bits per heavy atom. The average Bonchev–Trinajstić information content (AvgIpc) is 3.10. The van der Waals surface area contributed by atoms with Crippen LogP contribution in [0.1, 0.15) is 30.6 Å². The first-order valence-electron chi connectivity index (χ1n) is 7.60. The second-order valence-electron chi connectivity index (χ2n) is 6.81. The lowest BCUT2D eigenvalue weighted by atomic mass is 9.59. The molecular formula is C16H19N3O3. The number of carbonyl (C=O) groups is 1. The highest BCUT2D eigenvalue weighted by Crippen LogP contribution is 2.53. The SMILES string of the molecule is Cn1nnc2cc(C(=O)OC3C4CCOC4C3(C)C)ccc21. The van der Waals surface area contributed by atoms with Gasteiger partial charge in [0.1, 0.15) is 11.6 Å². The number of aryl methyl sites for hydroxylation is 1. The predicted molar refractivity (Wildman–Crippen MR) is 79.3 cm³/mol. The first-order valence-corrected chi connectivity index (χ1v) is 7.60. The maximum absolute atomic E-state index is 12.5. The number of aromatic nitrogens is 3. The zero-order valence-corrected chi connectivity index (χ0v) is 12.9. The Morgan fingerprint density at radius 2 is 2.27 bits per heavy atom. The van der Waals surface area contributed by atoms with Gasteiger partial charge in [0.2, 0.25) is 0 Å². The molecule has 6 nitrogen and oxygen atoms in total. The summed E-state index contributed by atoms with van der Waals surface area (Å²) in [6.07, 6.45) is 1.10. The minimum atomic E-state index is -0.295. The summed E-state index contributed by atoms with van der Waals surface area (Å²) in [5, 5.41) is 7.99. The summed E-state index contributed by atoms with van der Waals surface area (Å²) in [5.74, 6) is 0.0372. The monoisotopic (exact) mass is 301 g/mol. The lowest BCUT2D eigenvalue weighted by Crippen LogP contribution is -2.61. The van der Waals surface area contributed by atoms with Crippen LogP contribution in [-0.2, 0) is 16.5 Å². The second-order valence-corrected chi connectivity index (χ2v) is 6.81. The van der Waals surface area contributed by atoms with Crippen molar-refractivity contribution in [2.24, 2.45) is 18.4 Å². The average molecular weight is 301 g/mol. The molecule has 0 radical (unpaired) electrons. The molecule has 0 bridgehead atoms. The highest BCUT2D eigenvalue weighted by atomic mass is 16.6. The van der Waals surface area contributed by atoms with Crippen molar-refractivity contribution in [1.29, 1.82) is 0 Å². The van der Waals surface area contributed by atoms with Crippen LogP contribution in [0.2, 0.25) is 0 Å². The molecule has 1 aromatic heterocycles. The fourth-order valence-electron chi connectivity index (χ4n) is 3.87. The molecule has 2 fully saturated rings. The van der Waals surface area contributed by atoms with E-state index in [0.717, 1.165) is 18.5 Å². The van der Waals surface area contributed by atoms with Crippen molar-refractivity contribution in [2.75, 3.05) is 6.61 Å². The maximum Gasteiger partial charge on any atom is 0.338 e. The molecular weight excluding hydrogens is 282 g/mol. The van der Waals surface area contributed by atoms with Gasteiger partial charge in [0.25, 0.3) is 0 Å². The summed E-state index contributed by atoms with van der Waals surface area (Å²) in [6, 6.07) is 5.35. The number of benzene rings is 1. The zero-order chi connectivity index (χ0) is 15.5. The molecule has 2 aliphatic rings. The molecule has 1 aromatic carbocycles. The van der Waals surface area contributed by atoms with Crippen LogP contribution in [0.4, 0.5) is 0 Å². The summed E-state index contributed by atoms with van der Waals surface area (Å²) >= 11 is 0. The summed E-state index contributed by atoms with van der Waals surface area (Å²) < 4.78 is 13.2. The molecule has 3 atom stereocenters. The van der Waals surface area contributed by atoms with Crippen molar-refractivity contribution in [3.63, 3.8) is 0 Å². The quantitative estimate of drug-likeness (QED) is 0.793. The summed E-state index contributed by atoms with van der Waals surface area (Å²) in [5.41, 5.74) is 2.00. The Balaban J connectivity index is 1.56. The zero-order valence-electron chi connectivity index (χ0n) is 12.9.